The monoisotopic (exact) mass is 387 g/mol. The summed E-state index contributed by atoms with van der Waals surface area (Å²) in [4.78, 5) is 22.7. The van der Waals surface area contributed by atoms with E-state index in [0.717, 1.165) is 10.8 Å². The molecule has 0 aliphatic carbocycles. The number of carbonyl (C=O) groups is 1. The van der Waals surface area contributed by atoms with E-state index in [-0.39, 0.29) is 18.7 Å². The van der Waals surface area contributed by atoms with Crippen LogP contribution in [0.15, 0.2) is 65.8 Å². The number of hydrazone groups is 1. The molecule has 0 aliphatic heterocycles. The van der Waals surface area contributed by atoms with Crippen LogP contribution in [-0.4, -0.2) is 23.7 Å². The Hall–Kier alpha value is -4.18. The Kier molecular flexibility index (Phi) is 6.18. The molecule has 0 saturated carbocycles. The molecule has 0 aromatic heterocycles. The maximum absolute atomic E-state index is 12.2. The Labute approximate surface area is 167 Å². The molecule has 0 atom stereocenters. The largest absolute Gasteiger partial charge is 0.480 e. The molecule has 1 N–H and O–H groups in total. The van der Waals surface area contributed by atoms with Crippen molar-refractivity contribution in [2.45, 2.75) is 6.42 Å². The molecule has 7 nitrogen and oxygen atoms in total. The molecule has 144 valence electrons. The van der Waals surface area contributed by atoms with E-state index in [2.05, 4.69) is 16.4 Å². The molecule has 0 unspecified atom stereocenters. The standard InChI is InChI=1S/C22H17N3O4/c1-2-13-29-21-12-11-16-7-3-5-9-18(16)19(21)15-23-24-22(26)14-17-8-4-6-10-20(17)25(27)28/h1,3-12,15H,13-14H2,(H,24,26). The van der Waals surface area contributed by atoms with E-state index in [4.69, 9.17) is 11.2 Å². The molecule has 0 radical (unpaired) electrons. The zero-order chi connectivity index (χ0) is 20.6. The lowest BCUT2D eigenvalue weighted by Gasteiger charge is -2.10. The van der Waals surface area contributed by atoms with Crippen LogP contribution >= 0.6 is 0 Å². The van der Waals surface area contributed by atoms with Crippen LogP contribution in [0.5, 0.6) is 5.75 Å². The lowest BCUT2D eigenvalue weighted by atomic mass is 10.0. The van der Waals surface area contributed by atoms with Crippen molar-refractivity contribution in [1.29, 1.82) is 0 Å². The third kappa shape index (κ3) is 4.76. The van der Waals surface area contributed by atoms with Crippen LogP contribution in [0.2, 0.25) is 0 Å². The summed E-state index contributed by atoms with van der Waals surface area (Å²) in [6.45, 7) is 0.100. The minimum atomic E-state index is -0.517. The van der Waals surface area contributed by atoms with Crippen LogP contribution in [0.25, 0.3) is 10.8 Å². The number of nitrogens with zero attached hydrogens (tertiary/aromatic N) is 2. The van der Waals surface area contributed by atoms with Gasteiger partial charge in [0.15, 0.2) is 0 Å². The molecule has 3 aromatic carbocycles. The van der Waals surface area contributed by atoms with Crippen LogP contribution in [0, 0.1) is 22.5 Å². The minimum Gasteiger partial charge on any atom is -0.480 e. The van der Waals surface area contributed by atoms with Crippen molar-refractivity contribution in [2.24, 2.45) is 5.10 Å². The van der Waals surface area contributed by atoms with Gasteiger partial charge in [-0.15, -0.1) is 6.42 Å². The summed E-state index contributed by atoms with van der Waals surface area (Å²) in [5.74, 6) is 2.49. The van der Waals surface area contributed by atoms with Gasteiger partial charge in [-0.1, -0.05) is 54.5 Å². The second-order valence-corrected chi connectivity index (χ2v) is 6.05. The fourth-order valence-electron chi connectivity index (χ4n) is 2.87. The van der Waals surface area contributed by atoms with Crippen molar-refractivity contribution in [3.05, 3.63) is 81.9 Å². The summed E-state index contributed by atoms with van der Waals surface area (Å²) in [5, 5.41) is 16.9. The van der Waals surface area contributed by atoms with Gasteiger partial charge in [0.25, 0.3) is 5.69 Å². The molecular formula is C22H17N3O4. The number of benzene rings is 3. The Morgan fingerprint density at radius 2 is 1.93 bits per heavy atom. The zero-order valence-electron chi connectivity index (χ0n) is 15.4. The number of hydrogen-bond donors (Lipinski definition) is 1. The maximum Gasteiger partial charge on any atom is 0.273 e. The highest BCUT2D eigenvalue weighted by Gasteiger charge is 2.15. The Bertz CT molecular complexity index is 1130. The predicted octanol–water partition coefficient (Wildman–Crippen LogP) is 3.45. The van der Waals surface area contributed by atoms with Crippen LogP contribution in [-0.2, 0) is 11.2 Å². The van der Waals surface area contributed by atoms with Crippen LogP contribution in [0.1, 0.15) is 11.1 Å². The average molecular weight is 387 g/mol. The van der Waals surface area contributed by atoms with Crippen molar-refractivity contribution in [2.75, 3.05) is 6.61 Å². The highest BCUT2D eigenvalue weighted by Crippen LogP contribution is 2.26. The summed E-state index contributed by atoms with van der Waals surface area (Å²) < 4.78 is 5.57. The van der Waals surface area contributed by atoms with E-state index >= 15 is 0 Å². The molecule has 0 bridgehead atoms. The van der Waals surface area contributed by atoms with Gasteiger partial charge in [-0.3, -0.25) is 14.9 Å². The summed E-state index contributed by atoms with van der Waals surface area (Å²) in [6, 6.07) is 17.5. The summed E-state index contributed by atoms with van der Waals surface area (Å²) in [5.41, 5.74) is 3.28. The number of fused-ring (bicyclic) bond motifs is 1. The van der Waals surface area contributed by atoms with Crippen LogP contribution in [0.4, 0.5) is 5.69 Å². The van der Waals surface area contributed by atoms with Gasteiger partial charge >= 0.3 is 0 Å². The van der Waals surface area contributed by atoms with Crippen molar-refractivity contribution < 1.29 is 14.5 Å². The second-order valence-electron chi connectivity index (χ2n) is 6.05. The van der Waals surface area contributed by atoms with Crippen molar-refractivity contribution >= 4 is 28.6 Å². The lowest BCUT2D eigenvalue weighted by molar-refractivity contribution is -0.385. The van der Waals surface area contributed by atoms with Gasteiger partial charge < -0.3 is 4.74 Å². The number of terminal acetylenes is 1. The van der Waals surface area contributed by atoms with E-state index in [0.29, 0.717) is 16.9 Å². The first-order chi connectivity index (χ1) is 14.1. The van der Waals surface area contributed by atoms with Crippen molar-refractivity contribution in [3.8, 4) is 18.1 Å². The van der Waals surface area contributed by atoms with Crippen LogP contribution in [0.3, 0.4) is 0 Å². The van der Waals surface area contributed by atoms with Crippen molar-refractivity contribution in [3.63, 3.8) is 0 Å². The van der Waals surface area contributed by atoms with E-state index in [1.165, 1.54) is 18.3 Å². The summed E-state index contributed by atoms with van der Waals surface area (Å²) in [6.07, 6.45) is 6.59. The van der Waals surface area contributed by atoms with Crippen LogP contribution < -0.4 is 10.2 Å². The molecule has 0 saturated heterocycles. The predicted molar refractivity (Wildman–Crippen MR) is 111 cm³/mol. The highest BCUT2D eigenvalue weighted by atomic mass is 16.6. The molecule has 0 spiro atoms. The molecule has 3 rings (SSSR count). The SMILES string of the molecule is C#CCOc1ccc2ccccc2c1C=NNC(=O)Cc1ccccc1[N+](=O)[O-]. The number of para-hydroxylation sites is 1. The molecular weight excluding hydrogens is 370 g/mol. The Morgan fingerprint density at radius 1 is 1.17 bits per heavy atom. The number of rotatable bonds is 7. The number of nitrogens with one attached hydrogen (secondary N) is 1. The topological polar surface area (TPSA) is 93.8 Å². The van der Waals surface area contributed by atoms with Gasteiger partial charge in [-0.2, -0.15) is 5.10 Å². The third-order valence-corrected chi connectivity index (χ3v) is 4.16. The Morgan fingerprint density at radius 3 is 2.72 bits per heavy atom. The molecule has 0 aliphatic rings. The van der Waals surface area contributed by atoms with E-state index in [1.54, 1.807) is 18.2 Å². The first-order valence-corrected chi connectivity index (χ1v) is 8.72. The average Bonchev–Trinajstić information content (AvgIpc) is 2.73. The van der Waals surface area contributed by atoms with E-state index in [1.807, 2.05) is 30.3 Å². The second kappa shape index (κ2) is 9.15. The third-order valence-electron chi connectivity index (χ3n) is 4.16. The summed E-state index contributed by atoms with van der Waals surface area (Å²) >= 11 is 0. The quantitative estimate of drug-likeness (QED) is 0.291. The smallest absolute Gasteiger partial charge is 0.273 e. The fourth-order valence-corrected chi connectivity index (χ4v) is 2.87. The fraction of sp³-hybridized carbons (Fsp3) is 0.0909. The Balaban J connectivity index is 1.79. The number of amides is 1. The minimum absolute atomic E-state index is 0.100. The number of nitro benzene ring substituents is 1. The first kappa shape index (κ1) is 19.6. The first-order valence-electron chi connectivity index (χ1n) is 8.72. The molecule has 0 heterocycles. The van der Waals surface area contributed by atoms with Gasteiger partial charge in [0.2, 0.25) is 5.91 Å². The zero-order valence-corrected chi connectivity index (χ0v) is 15.4. The molecule has 7 heteroatoms. The van der Waals surface area contributed by atoms with Gasteiger partial charge in [0.05, 0.1) is 17.6 Å². The number of hydrogen-bond acceptors (Lipinski definition) is 5. The number of nitro groups is 1. The maximum atomic E-state index is 12.2. The molecule has 29 heavy (non-hydrogen) atoms. The summed E-state index contributed by atoms with van der Waals surface area (Å²) in [7, 11) is 0. The highest BCUT2D eigenvalue weighted by molar-refractivity contribution is 6.02. The van der Waals surface area contributed by atoms with Gasteiger partial charge in [0, 0.05) is 17.2 Å². The van der Waals surface area contributed by atoms with E-state index < -0.39 is 10.8 Å². The molecule has 1 amide bonds. The molecule has 0 fully saturated rings. The van der Waals surface area contributed by atoms with Crippen molar-refractivity contribution in [1.82, 2.24) is 5.43 Å². The van der Waals surface area contributed by atoms with Gasteiger partial charge in [-0.05, 0) is 16.8 Å². The van der Waals surface area contributed by atoms with Gasteiger partial charge in [0.1, 0.15) is 12.4 Å². The van der Waals surface area contributed by atoms with E-state index in [9.17, 15) is 14.9 Å². The normalized spacial score (nSPS) is 10.6. The number of carbonyl (C=O) groups excluding carboxylic acids is 1. The molecule has 3 aromatic rings. The lowest BCUT2D eigenvalue weighted by Crippen LogP contribution is -2.20. The van der Waals surface area contributed by atoms with Gasteiger partial charge in [-0.25, -0.2) is 5.43 Å². The number of ether oxygens (including phenoxy) is 1.